The van der Waals surface area contributed by atoms with Crippen molar-refractivity contribution in [3.8, 4) is 17.2 Å². The number of carbonyl (C=O) groups excluding carboxylic acids is 2. The van der Waals surface area contributed by atoms with Gasteiger partial charge in [-0.05, 0) is 49.7 Å². The van der Waals surface area contributed by atoms with Crippen LogP contribution >= 0.6 is 11.8 Å². The van der Waals surface area contributed by atoms with Gasteiger partial charge in [-0.2, -0.15) is 5.10 Å². The van der Waals surface area contributed by atoms with Crippen molar-refractivity contribution in [1.29, 1.82) is 0 Å². The maximum absolute atomic E-state index is 12.5. The van der Waals surface area contributed by atoms with Crippen LogP contribution in [-0.4, -0.2) is 42.3 Å². The molecule has 0 aliphatic carbocycles. The summed E-state index contributed by atoms with van der Waals surface area (Å²) in [4.78, 5) is 32.7. The second-order valence-electron chi connectivity index (χ2n) is 7.47. The van der Waals surface area contributed by atoms with Gasteiger partial charge in [0.15, 0.2) is 16.7 Å². The number of hydrazone groups is 1. The Bertz CT molecular complexity index is 1200. The third kappa shape index (κ3) is 7.28. The van der Waals surface area contributed by atoms with E-state index < -0.39 is 5.97 Å². The van der Waals surface area contributed by atoms with Crippen LogP contribution in [-0.2, 0) is 10.5 Å². The smallest absolute Gasteiger partial charge is 0.308 e. The van der Waals surface area contributed by atoms with Gasteiger partial charge in [-0.3, -0.25) is 9.59 Å². The van der Waals surface area contributed by atoms with Gasteiger partial charge in [0.25, 0.3) is 5.91 Å². The molecule has 1 N–H and O–H groups in total. The molecule has 1 heterocycles. The number of carbonyl (C=O) groups is 2. The number of amides is 1. The van der Waals surface area contributed by atoms with Crippen molar-refractivity contribution in [2.24, 2.45) is 5.10 Å². The predicted octanol–water partition coefficient (Wildman–Crippen LogP) is 4.09. The third-order valence-electron chi connectivity index (χ3n) is 4.65. The van der Waals surface area contributed by atoms with Gasteiger partial charge in [0.2, 0.25) is 5.75 Å². The van der Waals surface area contributed by atoms with E-state index in [-0.39, 0.29) is 11.7 Å². The summed E-state index contributed by atoms with van der Waals surface area (Å²) in [7, 11) is 2.89. The number of nitrogens with one attached hydrogen (secondary N) is 1. The fraction of sp³-hybridized carbons (Fsp3) is 0.240. The molecular weight excluding hydrogens is 468 g/mol. The molecule has 3 rings (SSSR count). The molecule has 10 heteroatoms. The number of hydrogen-bond acceptors (Lipinski definition) is 9. The molecule has 0 aliphatic heterocycles. The maximum atomic E-state index is 12.5. The molecule has 3 aromatic rings. The Labute approximate surface area is 207 Å². The normalized spacial score (nSPS) is 10.8. The highest BCUT2D eigenvalue weighted by Crippen LogP contribution is 2.38. The van der Waals surface area contributed by atoms with E-state index in [1.807, 2.05) is 32.0 Å². The van der Waals surface area contributed by atoms with E-state index in [4.69, 9.17) is 14.2 Å². The van der Waals surface area contributed by atoms with Crippen molar-refractivity contribution in [2.45, 2.75) is 31.7 Å². The van der Waals surface area contributed by atoms with Gasteiger partial charge in [-0.1, -0.05) is 23.9 Å². The summed E-state index contributed by atoms with van der Waals surface area (Å²) in [5.74, 6) is 0.604. The summed E-state index contributed by atoms with van der Waals surface area (Å²) in [5.41, 5.74) is 6.46. The Kier molecular flexibility index (Phi) is 8.80. The van der Waals surface area contributed by atoms with E-state index in [9.17, 15) is 9.59 Å². The lowest BCUT2D eigenvalue weighted by Gasteiger charge is -2.13. The second-order valence-corrected chi connectivity index (χ2v) is 8.41. The topological polar surface area (TPSA) is 112 Å². The van der Waals surface area contributed by atoms with Gasteiger partial charge < -0.3 is 14.2 Å². The lowest BCUT2D eigenvalue weighted by atomic mass is 10.1. The minimum Gasteiger partial charge on any atom is -0.493 e. The molecule has 0 saturated carbocycles. The van der Waals surface area contributed by atoms with Crippen molar-refractivity contribution in [3.05, 3.63) is 70.5 Å². The van der Waals surface area contributed by atoms with Crippen LogP contribution in [0.25, 0.3) is 0 Å². The van der Waals surface area contributed by atoms with E-state index in [0.29, 0.717) is 28.4 Å². The summed E-state index contributed by atoms with van der Waals surface area (Å²) < 4.78 is 15.7. The van der Waals surface area contributed by atoms with Crippen LogP contribution in [0.2, 0.25) is 0 Å². The number of benzene rings is 2. The highest BCUT2D eigenvalue weighted by Gasteiger charge is 2.15. The van der Waals surface area contributed by atoms with Crippen molar-refractivity contribution in [3.63, 3.8) is 0 Å². The van der Waals surface area contributed by atoms with Gasteiger partial charge in [0.05, 0.1) is 20.4 Å². The molecule has 182 valence electrons. The molecule has 2 aromatic carbocycles. The Morgan fingerprint density at radius 2 is 1.60 bits per heavy atom. The Morgan fingerprint density at radius 1 is 1.00 bits per heavy atom. The largest absolute Gasteiger partial charge is 0.493 e. The third-order valence-corrected chi connectivity index (χ3v) is 5.57. The zero-order chi connectivity index (χ0) is 25.4. The van der Waals surface area contributed by atoms with Gasteiger partial charge in [-0.25, -0.2) is 15.4 Å². The van der Waals surface area contributed by atoms with Gasteiger partial charge >= 0.3 is 5.97 Å². The van der Waals surface area contributed by atoms with Crippen molar-refractivity contribution in [2.75, 3.05) is 14.2 Å². The molecule has 0 bridgehead atoms. The SMILES string of the molecule is COc1cc(/C=N/NC(=O)c2ccc(CSc3nc(C)cc(C)n3)cc2)cc(OC)c1OC(C)=O. The first-order valence-corrected chi connectivity index (χ1v) is 11.6. The standard InChI is InChI=1S/C25H26N4O5S/c1-15-10-16(2)28-25(27-15)35-14-18-6-8-20(9-7-18)24(31)29-26-13-19-11-21(32-4)23(34-17(3)30)22(12-19)33-5/h6-13H,14H2,1-5H3,(H,29,31)/b26-13+. The van der Waals surface area contributed by atoms with Gasteiger partial charge in [-0.15, -0.1) is 0 Å². The minimum atomic E-state index is -0.501. The highest BCUT2D eigenvalue weighted by atomic mass is 32.2. The molecule has 1 aromatic heterocycles. The summed E-state index contributed by atoms with van der Waals surface area (Å²) in [5, 5.41) is 4.74. The molecule has 0 aliphatic rings. The fourth-order valence-corrected chi connectivity index (χ4v) is 4.01. The van der Waals surface area contributed by atoms with E-state index in [1.54, 1.807) is 36.0 Å². The van der Waals surface area contributed by atoms with Gasteiger partial charge in [0, 0.05) is 35.2 Å². The molecule has 9 nitrogen and oxygen atoms in total. The number of hydrogen-bond donors (Lipinski definition) is 1. The Balaban J connectivity index is 1.62. The van der Waals surface area contributed by atoms with Crippen molar-refractivity contribution < 1.29 is 23.8 Å². The molecular formula is C25H26N4O5S. The number of nitrogens with zero attached hydrogens (tertiary/aromatic N) is 3. The Hall–Kier alpha value is -3.92. The molecule has 0 unspecified atom stereocenters. The number of esters is 1. The first kappa shape index (κ1) is 25.7. The zero-order valence-corrected chi connectivity index (χ0v) is 20.9. The van der Waals surface area contributed by atoms with E-state index in [1.165, 1.54) is 27.4 Å². The van der Waals surface area contributed by atoms with Crippen LogP contribution in [0, 0.1) is 13.8 Å². The number of aryl methyl sites for hydroxylation is 2. The Morgan fingerprint density at radius 3 is 2.14 bits per heavy atom. The number of aromatic nitrogens is 2. The van der Waals surface area contributed by atoms with Crippen LogP contribution < -0.4 is 19.6 Å². The van der Waals surface area contributed by atoms with Crippen LogP contribution in [0.1, 0.15) is 39.8 Å². The second kappa shape index (κ2) is 12.0. The molecule has 0 saturated heterocycles. The first-order chi connectivity index (χ1) is 16.8. The highest BCUT2D eigenvalue weighted by molar-refractivity contribution is 7.98. The summed E-state index contributed by atoms with van der Waals surface area (Å²) in [6.45, 7) is 5.17. The van der Waals surface area contributed by atoms with Crippen molar-refractivity contribution in [1.82, 2.24) is 15.4 Å². The number of methoxy groups -OCH3 is 2. The van der Waals surface area contributed by atoms with Gasteiger partial charge in [0.1, 0.15) is 0 Å². The molecule has 0 spiro atoms. The molecule has 0 fully saturated rings. The predicted molar refractivity (Wildman–Crippen MR) is 133 cm³/mol. The van der Waals surface area contributed by atoms with E-state index in [0.717, 1.165) is 22.1 Å². The average Bonchev–Trinajstić information content (AvgIpc) is 2.82. The van der Waals surface area contributed by atoms with Crippen LogP contribution in [0.4, 0.5) is 0 Å². The minimum absolute atomic E-state index is 0.172. The first-order valence-electron chi connectivity index (χ1n) is 10.6. The summed E-state index contributed by atoms with van der Waals surface area (Å²) >= 11 is 1.54. The monoisotopic (exact) mass is 494 g/mol. The zero-order valence-electron chi connectivity index (χ0n) is 20.1. The molecule has 0 atom stereocenters. The molecule has 0 radical (unpaired) electrons. The van der Waals surface area contributed by atoms with Crippen molar-refractivity contribution >= 4 is 29.9 Å². The lowest BCUT2D eigenvalue weighted by Crippen LogP contribution is -2.17. The fourth-order valence-electron chi connectivity index (χ4n) is 3.11. The average molecular weight is 495 g/mol. The summed E-state index contributed by atoms with van der Waals surface area (Å²) in [6.07, 6.45) is 1.44. The molecule has 35 heavy (non-hydrogen) atoms. The quantitative estimate of drug-likeness (QED) is 0.118. The van der Waals surface area contributed by atoms with Crippen LogP contribution in [0.15, 0.2) is 52.7 Å². The molecule has 1 amide bonds. The maximum Gasteiger partial charge on any atom is 0.308 e. The van der Waals surface area contributed by atoms with E-state index >= 15 is 0 Å². The van der Waals surface area contributed by atoms with E-state index in [2.05, 4.69) is 20.5 Å². The van der Waals surface area contributed by atoms with Crippen LogP contribution in [0.3, 0.4) is 0 Å². The number of ether oxygens (including phenoxy) is 3. The number of rotatable bonds is 9. The summed E-state index contributed by atoms with van der Waals surface area (Å²) in [6, 6.07) is 12.4. The number of thioether (sulfide) groups is 1. The van der Waals surface area contributed by atoms with Crippen LogP contribution in [0.5, 0.6) is 17.2 Å². The lowest BCUT2D eigenvalue weighted by molar-refractivity contribution is -0.132.